The molecule has 4 heteroatoms. The van der Waals surface area contributed by atoms with Crippen molar-refractivity contribution in [3.8, 4) is 12.1 Å². The summed E-state index contributed by atoms with van der Waals surface area (Å²) in [7, 11) is 0. The summed E-state index contributed by atoms with van der Waals surface area (Å²) in [5, 5.41) is 17.4. The second-order valence-electron chi connectivity index (χ2n) is 3.69. The maximum absolute atomic E-state index is 11.6. The molecule has 4 nitrogen and oxygen atoms in total. The molecule has 1 atom stereocenters. The highest BCUT2D eigenvalue weighted by Crippen LogP contribution is 2.24. The molecular formula is C12H9N3O. The molecule has 0 aromatic heterocycles. The van der Waals surface area contributed by atoms with Gasteiger partial charge in [0.25, 0.3) is 0 Å². The van der Waals surface area contributed by atoms with Crippen LogP contribution in [0.3, 0.4) is 0 Å². The highest BCUT2D eigenvalue weighted by atomic mass is 16.2. The molecule has 0 bridgehead atoms. The molecule has 0 spiro atoms. The molecule has 78 valence electrons. The van der Waals surface area contributed by atoms with Gasteiger partial charge >= 0.3 is 0 Å². The monoisotopic (exact) mass is 211 g/mol. The molecule has 1 aliphatic rings. The zero-order chi connectivity index (χ0) is 11.5. The summed E-state index contributed by atoms with van der Waals surface area (Å²) in [6.07, 6.45) is 0.288. The second kappa shape index (κ2) is 4.04. The van der Waals surface area contributed by atoms with E-state index in [0.717, 1.165) is 5.69 Å². The number of carbonyl (C=O) groups excluding carboxylic acids is 1. The van der Waals surface area contributed by atoms with Crippen LogP contribution in [0.15, 0.2) is 24.3 Å². The maximum Gasteiger partial charge on any atom is 0.228 e. The Hall–Kier alpha value is -2.33. The Bertz CT molecular complexity index is 492. The first-order chi connectivity index (χ1) is 7.74. The Morgan fingerprint density at radius 3 is 2.44 bits per heavy atom. The van der Waals surface area contributed by atoms with E-state index in [9.17, 15) is 4.79 Å². The zero-order valence-electron chi connectivity index (χ0n) is 8.55. The summed E-state index contributed by atoms with van der Waals surface area (Å²) in [5.41, 5.74) is 1.31. The minimum atomic E-state index is -0.219. The van der Waals surface area contributed by atoms with E-state index < -0.39 is 0 Å². The van der Waals surface area contributed by atoms with E-state index in [0.29, 0.717) is 12.1 Å². The summed E-state index contributed by atoms with van der Waals surface area (Å²) in [6, 6.07) is 10.9. The van der Waals surface area contributed by atoms with E-state index in [1.54, 1.807) is 29.2 Å². The van der Waals surface area contributed by atoms with E-state index in [1.807, 2.05) is 6.07 Å². The van der Waals surface area contributed by atoms with Crippen LogP contribution >= 0.6 is 0 Å². The first kappa shape index (κ1) is 10.2. The lowest BCUT2D eigenvalue weighted by molar-refractivity contribution is -0.117. The SMILES string of the molecule is N#Cc1ccc(N2CC(C#N)CC2=O)cc1. The van der Waals surface area contributed by atoms with Gasteiger partial charge in [-0.15, -0.1) is 0 Å². The molecule has 0 radical (unpaired) electrons. The summed E-state index contributed by atoms with van der Waals surface area (Å²) < 4.78 is 0. The van der Waals surface area contributed by atoms with Gasteiger partial charge in [0.1, 0.15) is 0 Å². The van der Waals surface area contributed by atoms with Crippen molar-refractivity contribution in [1.82, 2.24) is 0 Å². The van der Waals surface area contributed by atoms with Crippen molar-refractivity contribution in [1.29, 1.82) is 10.5 Å². The van der Waals surface area contributed by atoms with Gasteiger partial charge in [0.2, 0.25) is 5.91 Å². The van der Waals surface area contributed by atoms with Crippen molar-refractivity contribution >= 4 is 11.6 Å². The highest BCUT2D eigenvalue weighted by molar-refractivity contribution is 5.96. The van der Waals surface area contributed by atoms with Gasteiger partial charge in [-0.2, -0.15) is 10.5 Å². The Morgan fingerprint density at radius 1 is 1.25 bits per heavy atom. The van der Waals surface area contributed by atoms with Crippen molar-refractivity contribution < 1.29 is 4.79 Å². The third-order valence-corrected chi connectivity index (χ3v) is 2.62. The Balaban J connectivity index is 2.23. The molecular weight excluding hydrogens is 202 g/mol. The van der Waals surface area contributed by atoms with Crippen LogP contribution < -0.4 is 4.90 Å². The average molecular weight is 211 g/mol. The Kier molecular flexibility index (Phi) is 2.57. The summed E-state index contributed by atoms with van der Waals surface area (Å²) in [5.74, 6) is -0.251. The number of rotatable bonds is 1. The third-order valence-electron chi connectivity index (χ3n) is 2.62. The zero-order valence-corrected chi connectivity index (χ0v) is 8.55. The predicted octanol–water partition coefficient (Wildman–Crippen LogP) is 1.43. The Morgan fingerprint density at radius 2 is 1.94 bits per heavy atom. The number of nitriles is 2. The number of hydrogen-bond donors (Lipinski definition) is 0. The quantitative estimate of drug-likeness (QED) is 0.705. The molecule has 1 unspecified atom stereocenters. The van der Waals surface area contributed by atoms with Crippen molar-refractivity contribution in [2.75, 3.05) is 11.4 Å². The standard InChI is InChI=1S/C12H9N3O/c13-6-9-1-3-11(4-2-9)15-8-10(7-14)5-12(15)16/h1-4,10H,5,8H2. The van der Waals surface area contributed by atoms with Crippen LogP contribution in [0.5, 0.6) is 0 Å². The van der Waals surface area contributed by atoms with Gasteiger partial charge in [0.15, 0.2) is 0 Å². The topological polar surface area (TPSA) is 67.9 Å². The van der Waals surface area contributed by atoms with Crippen molar-refractivity contribution in [3.05, 3.63) is 29.8 Å². The van der Waals surface area contributed by atoms with Crippen LogP contribution in [-0.2, 0) is 4.79 Å². The van der Waals surface area contributed by atoms with Gasteiger partial charge in [-0.25, -0.2) is 0 Å². The van der Waals surface area contributed by atoms with Gasteiger partial charge < -0.3 is 4.90 Å². The van der Waals surface area contributed by atoms with Crippen molar-refractivity contribution in [2.45, 2.75) is 6.42 Å². The van der Waals surface area contributed by atoms with Gasteiger partial charge in [0, 0.05) is 18.7 Å². The number of carbonyl (C=O) groups is 1. The van der Waals surface area contributed by atoms with E-state index in [1.165, 1.54) is 0 Å². The number of hydrogen-bond acceptors (Lipinski definition) is 3. The van der Waals surface area contributed by atoms with Gasteiger partial charge in [0.05, 0.1) is 23.6 Å². The number of benzene rings is 1. The fourth-order valence-electron chi connectivity index (χ4n) is 1.76. The largest absolute Gasteiger partial charge is 0.311 e. The summed E-state index contributed by atoms with van der Waals surface area (Å²) in [4.78, 5) is 13.2. The van der Waals surface area contributed by atoms with Crippen LogP contribution in [0.2, 0.25) is 0 Å². The molecule has 1 heterocycles. The lowest BCUT2D eigenvalue weighted by Gasteiger charge is -2.15. The van der Waals surface area contributed by atoms with Crippen LogP contribution in [0, 0.1) is 28.6 Å². The number of anilines is 1. The number of nitrogens with zero attached hydrogens (tertiary/aromatic N) is 3. The molecule has 1 saturated heterocycles. The van der Waals surface area contributed by atoms with Crippen molar-refractivity contribution in [2.24, 2.45) is 5.92 Å². The highest BCUT2D eigenvalue weighted by Gasteiger charge is 2.30. The molecule has 1 aliphatic heterocycles. The maximum atomic E-state index is 11.6. The van der Waals surface area contributed by atoms with E-state index >= 15 is 0 Å². The smallest absolute Gasteiger partial charge is 0.228 e. The normalized spacial score (nSPS) is 19.2. The molecule has 0 N–H and O–H groups in total. The van der Waals surface area contributed by atoms with Crippen LogP contribution in [0.4, 0.5) is 5.69 Å². The van der Waals surface area contributed by atoms with Gasteiger partial charge in [-0.1, -0.05) is 0 Å². The number of amides is 1. The summed E-state index contributed by atoms with van der Waals surface area (Å²) in [6.45, 7) is 0.446. The molecule has 1 fully saturated rings. The molecule has 1 aromatic carbocycles. The second-order valence-corrected chi connectivity index (χ2v) is 3.69. The van der Waals surface area contributed by atoms with Gasteiger partial charge in [-0.05, 0) is 24.3 Å². The first-order valence-electron chi connectivity index (χ1n) is 4.94. The van der Waals surface area contributed by atoms with E-state index in [-0.39, 0.29) is 18.2 Å². The minimum Gasteiger partial charge on any atom is -0.311 e. The van der Waals surface area contributed by atoms with E-state index in [4.69, 9.17) is 10.5 Å². The first-order valence-corrected chi connectivity index (χ1v) is 4.94. The molecule has 2 rings (SSSR count). The molecule has 0 aliphatic carbocycles. The van der Waals surface area contributed by atoms with Crippen LogP contribution in [0.1, 0.15) is 12.0 Å². The van der Waals surface area contributed by atoms with Crippen LogP contribution in [0.25, 0.3) is 0 Å². The van der Waals surface area contributed by atoms with Crippen LogP contribution in [-0.4, -0.2) is 12.5 Å². The average Bonchev–Trinajstić information content (AvgIpc) is 2.71. The Labute approximate surface area is 93.3 Å². The minimum absolute atomic E-state index is 0.0312. The lowest BCUT2D eigenvalue weighted by atomic mass is 10.1. The molecule has 1 amide bonds. The lowest BCUT2D eigenvalue weighted by Crippen LogP contribution is -2.24. The fourth-order valence-corrected chi connectivity index (χ4v) is 1.76. The van der Waals surface area contributed by atoms with Crippen molar-refractivity contribution in [3.63, 3.8) is 0 Å². The summed E-state index contributed by atoms with van der Waals surface area (Å²) >= 11 is 0. The van der Waals surface area contributed by atoms with Gasteiger partial charge in [-0.3, -0.25) is 4.79 Å². The fraction of sp³-hybridized carbons (Fsp3) is 0.250. The predicted molar refractivity (Wildman–Crippen MR) is 57.2 cm³/mol. The molecule has 1 aromatic rings. The van der Waals surface area contributed by atoms with E-state index in [2.05, 4.69) is 6.07 Å². The molecule has 0 saturated carbocycles. The third kappa shape index (κ3) is 1.74. The molecule has 16 heavy (non-hydrogen) atoms.